The summed E-state index contributed by atoms with van der Waals surface area (Å²) in [7, 11) is 0. The molecular formula is C13H11ClN4O2. The number of carbonyl (C=O) groups is 1. The zero-order valence-electron chi connectivity index (χ0n) is 10.3. The van der Waals surface area contributed by atoms with Crippen LogP contribution in [0.2, 0.25) is 5.02 Å². The average Bonchev–Trinajstić information content (AvgIpc) is 2.38. The van der Waals surface area contributed by atoms with Crippen LogP contribution in [0.25, 0.3) is 0 Å². The highest BCUT2D eigenvalue weighted by Crippen LogP contribution is 2.18. The SMILES string of the molecule is NC(N)=Nc1ccc(C(=O)Oc2cncc(Cl)c2)cc1. The lowest BCUT2D eigenvalue weighted by molar-refractivity contribution is 0.0734. The zero-order valence-corrected chi connectivity index (χ0v) is 11.0. The van der Waals surface area contributed by atoms with E-state index in [4.69, 9.17) is 27.8 Å². The van der Waals surface area contributed by atoms with E-state index in [9.17, 15) is 4.79 Å². The second kappa shape index (κ2) is 6.03. The van der Waals surface area contributed by atoms with Crippen LogP contribution in [-0.4, -0.2) is 16.9 Å². The van der Waals surface area contributed by atoms with E-state index in [0.29, 0.717) is 16.3 Å². The van der Waals surface area contributed by atoms with Crippen LogP contribution >= 0.6 is 11.6 Å². The average molecular weight is 291 g/mol. The Balaban J connectivity index is 2.11. The fourth-order valence-electron chi connectivity index (χ4n) is 1.44. The maximum Gasteiger partial charge on any atom is 0.343 e. The molecule has 0 aliphatic carbocycles. The molecule has 0 spiro atoms. The molecule has 0 fully saturated rings. The minimum atomic E-state index is -0.523. The second-order valence-electron chi connectivity index (χ2n) is 3.81. The lowest BCUT2D eigenvalue weighted by atomic mass is 10.2. The summed E-state index contributed by atoms with van der Waals surface area (Å²) in [6.45, 7) is 0. The van der Waals surface area contributed by atoms with E-state index < -0.39 is 5.97 Å². The van der Waals surface area contributed by atoms with Crippen LogP contribution in [-0.2, 0) is 0 Å². The number of hydrogen-bond donors (Lipinski definition) is 2. The van der Waals surface area contributed by atoms with E-state index in [0.717, 1.165) is 0 Å². The molecule has 7 heteroatoms. The smallest absolute Gasteiger partial charge is 0.343 e. The zero-order chi connectivity index (χ0) is 14.5. The number of ether oxygens (including phenoxy) is 1. The monoisotopic (exact) mass is 290 g/mol. The van der Waals surface area contributed by atoms with Crippen molar-refractivity contribution in [3.8, 4) is 5.75 Å². The van der Waals surface area contributed by atoms with Gasteiger partial charge in [-0.25, -0.2) is 9.79 Å². The molecule has 0 atom stereocenters. The number of rotatable bonds is 3. The van der Waals surface area contributed by atoms with Crippen molar-refractivity contribution in [1.29, 1.82) is 0 Å². The number of aromatic nitrogens is 1. The Labute approximate surface area is 120 Å². The fourth-order valence-corrected chi connectivity index (χ4v) is 1.60. The minimum Gasteiger partial charge on any atom is -0.421 e. The van der Waals surface area contributed by atoms with Gasteiger partial charge in [0, 0.05) is 12.3 Å². The molecule has 0 amide bonds. The van der Waals surface area contributed by atoms with Crippen LogP contribution in [0.5, 0.6) is 5.75 Å². The molecule has 0 saturated heterocycles. The number of nitrogens with two attached hydrogens (primary N) is 2. The lowest BCUT2D eigenvalue weighted by Gasteiger charge is -2.04. The number of esters is 1. The predicted molar refractivity (Wildman–Crippen MR) is 76.1 cm³/mol. The van der Waals surface area contributed by atoms with Crippen LogP contribution in [0.4, 0.5) is 5.69 Å². The minimum absolute atomic E-state index is 0.0506. The molecule has 2 aromatic rings. The molecule has 102 valence electrons. The topological polar surface area (TPSA) is 104 Å². The van der Waals surface area contributed by atoms with Gasteiger partial charge in [-0.3, -0.25) is 4.98 Å². The Bertz CT molecular complexity index is 652. The van der Waals surface area contributed by atoms with E-state index in [1.165, 1.54) is 18.5 Å². The first-order chi connectivity index (χ1) is 9.54. The molecular weight excluding hydrogens is 280 g/mol. The van der Waals surface area contributed by atoms with Gasteiger partial charge in [-0.2, -0.15) is 0 Å². The number of benzene rings is 1. The molecule has 1 aromatic heterocycles. The summed E-state index contributed by atoms with van der Waals surface area (Å²) < 4.78 is 5.13. The first kappa shape index (κ1) is 13.8. The molecule has 1 aromatic carbocycles. The van der Waals surface area contributed by atoms with Gasteiger partial charge in [-0.15, -0.1) is 0 Å². The van der Waals surface area contributed by atoms with Crippen LogP contribution in [0.1, 0.15) is 10.4 Å². The number of nitrogens with zero attached hydrogens (tertiary/aromatic N) is 2. The summed E-state index contributed by atoms with van der Waals surface area (Å²) in [6.07, 6.45) is 2.85. The van der Waals surface area contributed by atoms with Crippen molar-refractivity contribution in [3.05, 3.63) is 53.3 Å². The summed E-state index contributed by atoms with van der Waals surface area (Å²) in [6, 6.07) is 7.82. The molecule has 0 saturated carbocycles. The van der Waals surface area contributed by atoms with Gasteiger partial charge >= 0.3 is 5.97 Å². The van der Waals surface area contributed by atoms with Gasteiger partial charge in [0.1, 0.15) is 0 Å². The molecule has 6 nitrogen and oxygen atoms in total. The third-order valence-corrected chi connectivity index (χ3v) is 2.46. The van der Waals surface area contributed by atoms with Crippen molar-refractivity contribution in [1.82, 2.24) is 4.98 Å². The third-order valence-electron chi connectivity index (χ3n) is 2.25. The van der Waals surface area contributed by atoms with Gasteiger partial charge in [0.25, 0.3) is 0 Å². The molecule has 20 heavy (non-hydrogen) atoms. The van der Waals surface area contributed by atoms with Crippen molar-refractivity contribution in [2.24, 2.45) is 16.5 Å². The van der Waals surface area contributed by atoms with Gasteiger partial charge in [0.05, 0.1) is 22.5 Å². The molecule has 0 radical (unpaired) electrons. The van der Waals surface area contributed by atoms with Crippen molar-refractivity contribution in [2.75, 3.05) is 0 Å². The van der Waals surface area contributed by atoms with Crippen molar-refractivity contribution in [2.45, 2.75) is 0 Å². The lowest BCUT2D eigenvalue weighted by Crippen LogP contribution is -2.21. The maximum atomic E-state index is 11.9. The Morgan fingerprint density at radius 2 is 1.90 bits per heavy atom. The predicted octanol–water partition coefficient (Wildman–Crippen LogP) is 1.86. The highest BCUT2D eigenvalue weighted by molar-refractivity contribution is 6.30. The van der Waals surface area contributed by atoms with E-state index in [1.807, 2.05) is 0 Å². The van der Waals surface area contributed by atoms with Gasteiger partial charge in [0.15, 0.2) is 11.7 Å². The quantitative estimate of drug-likeness (QED) is 0.510. The number of pyridine rings is 1. The molecule has 1 heterocycles. The maximum absolute atomic E-state index is 11.9. The van der Waals surface area contributed by atoms with Crippen LogP contribution in [0, 0.1) is 0 Å². The van der Waals surface area contributed by atoms with Crippen LogP contribution < -0.4 is 16.2 Å². The van der Waals surface area contributed by atoms with Gasteiger partial charge in [-0.1, -0.05) is 11.6 Å². The second-order valence-corrected chi connectivity index (χ2v) is 4.25. The first-order valence-corrected chi connectivity index (χ1v) is 5.95. The largest absolute Gasteiger partial charge is 0.421 e. The van der Waals surface area contributed by atoms with E-state index in [1.54, 1.807) is 24.3 Å². The molecule has 0 bridgehead atoms. The molecule has 0 unspecified atom stereocenters. The Morgan fingerprint density at radius 3 is 2.50 bits per heavy atom. The summed E-state index contributed by atoms with van der Waals surface area (Å²) in [4.78, 5) is 19.6. The van der Waals surface area contributed by atoms with E-state index in [-0.39, 0.29) is 11.7 Å². The third kappa shape index (κ3) is 3.69. The van der Waals surface area contributed by atoms with E-state index >= 15 is 0 Å². The highest BCUT2D eigenvalue weighted by Gasteiger charge is 2.09. The first-order valence-electron chi connectivity index (χ1n) is 5.57. The van der Waals surface area contributed by atoms with Crippen molar-refractivity contribution in [3.63, 3.8) is 0 Å². The van der Waals surface area contributed by atoms with Crippen LogP contribution in [0.15, 0.2) is 47.7 Å². The standard InChI is InChI=1S/C13H11ClN4O2/c14-9-5-11(7-17-6-9)20-12(19)8-1-3-10(4-2-8)18-13(15)16/h1-7H,(H4,15,16,18). The van der Waals surface area contributed by atoms with Gasteiger partial charge < -0.3 is 16.2 Å². The summed E-state index contributed by atoms with van der Waals surface area (Å²) >= 11 is 5.75. The number of halogens is 1. The Morgan fingerprint density at radius 1 is 1.20 bits per heavy atom. The van der Waals surface area contributed by atoms with Crippen LogP contribution in [0.3, 0.4) is 0 Å². The number of guanidine groups is 1. The summed E-state index contributed by atoms with van der Waals surface area (Å²) in [5, 5.41) is 0.387. The molecule has 2 rings (SSSR count). The number of aliphatic imine (C=N–C) groups is 1. The highest BCUT2D eigenvalue weighted by atomic mass is 35.5. The molecule has 0 aliphatic heterocycles. The number of hydrogen-bond acceptors (Lipinski definition) is 4. The molecule has 4 N–H and O–H groups in total. The van der Waals surface area contributed by atoms with E-state index in [2.05, 4.69) is 9.98 Å². The molecule has 0 aliphatic rings. The number of carbonyl (C=O) groups excluding carboxylic acids is 1. The Kier molecular flexibility index (Phi) is 4.17. The summed E-state index contributed by atoms with van der Waals surface area (Å²) in [5.74, 6) is -0.300. The van der Waals surface area contributed by atoms with Crippen molar-refractivity contribution < 1.29 is 9.53 Å². The van der Waals surface area contributed by atoms with Gasteiger partial charge in [-0.05, 0) is 24.3 Å². The van der Waals surface area contributed by atoms with Gasteiger partial charge in [0.2, 0.25) is 0 Å². The fraction of sp³-hybridized carbons (Fsp3) is 0. The summed E-state index contributed by atoms with van der Waals surface area (Å²) in [5.41, 5.74) is 11.4. The van der Waals surface area contributed by atoms with Crippen molar-refractivity contribution >= 4 is 29.2 Å². The normalized spacial score (nSPS) is 9.85. The Hall–Kier alpha value is -2.60.